The summed E-state index contributed by atoms with van der Waals surface area (Å²) in [6, 6.07) is 18.2. The van der Waals surface area contributed by atoms with Crippen molar-refractivity contribution >= 4 is 55.9 Å². The molecule has 128 valence electrons. The third kappa shape index (κ3) is 3.51. The van der Waals surface area contributed by atoms with Gasteiger partial charge in [0.2, 0.25) is 0 Å². The first-order chi connectivity index (χ1) is 12.7. The number of phenolic OH excluding ortho intramolecular Hbond substituents is 2. The molecule has 0 spiro atoms. The fourth-order valence-electron chi connectivity index (χ4n) is 2.42. The van der Waals surface area contributed by atoms with E-state index in [4.69, 9.17) is 0 Å². The molecule has 4 aromatic rings. The molecule has 26 heavy (non-hydrogen) atoms. The highest BCUT2D eigenvalue weighted by Gasteiger charge is 2.05. The van der Waals surface area contributed by atoms with E-state index in [1.807, 2.05) is 12.1 Å². The Morgan fingerprint density at radius 1 is 0.692 bits per heavy atom. The molecule has 0 atom stereocenters. The van der Waals surface area contributed by atoms with Gasteiger partial charge in [0.15, 0.2) is 0 Å². The molecule has 4 rings (SSSR count). The summed E-state index contributed by atoms with van der Waals surface area (Å²) >= 11 is 3.29. The minimum Gasteiger partial charge on any atom is -0.506 e. The van der Waals surface area contributed by atoms with Gasteiger partial charge < -0.3 is 10.2 Å². The van der Waals surface area contributed by atoms with Crippen molar-refractivity contribution in [1.82, 2.24) is 0 Å². The zero-order valence-electron chi connectivity index (χ0n) is 13.5. The quantitative estimate of drug-likeness (QED) is 0.436. The van der Waals surface area contributed by atoms with E-state index in [0.29, 0.717) is 11.4 Å². The smallest absolute Gasteiger partial charge is 0.141 e. The lowest BCUT2D eigenvalue weighted by Crippen LogP contribution is -1.74. The molecule has 2 aromatic heterocycles. The summed E-state index contributed by atoms with van der Waals surface area (Å²) in [5.41, 5.74) is 1.11. The van der Waals surface area contributed by atoms with Gasteiger partial charge in [-0.3, -0.25) is 9.98 Å². The van der Waals surface area contributed by atoms with Crippen LogP contribution in [0.3, 0.4) is 0 Å². The summed E-state index contributed by atoms with van der Waals surface area (Å²) < 4.78 is 1.18. The van der Waals surface area contributed by atoms with Crippen LogP contribution in [-0.4, -0.2) is 22.6 Å². The predicted octanol–water partition coefficient (Wildman–Crippen LogP) is 5.88. The van der Waals surface area contributed by atoms with Crippen LogP contribution < -0.4 is 0 Å². The lowest BCUT2D eigenvalue weighted by atomic mass is 10.3. The van der Waals surface area contributed by atoms with Gasteiger partial charge in [-0.15, -0.1) is 22.7 Å². The molecule has 0 aliphatic carbocycles. The van der Waals surface area contributed by atoms with Crippen LogP contribution in [-0.2, 0) is 0 Å². The van der Waals surface area contributed by atoms with E-state index in [2.05, 4.69) is 22.1 Å². The van der Waals surface area contributed by atoms with Crippen LogP contribution in [0.15, 0.2) is 70.6 Å². The molecule has 0 aliphatic heterocycles. The predicted molar refractivity (Wildman–Crippen MR) is 110 cm³/mol. The van der Waals surface area contributed by atoms with Crippen LogP contribution in [0.4, 0.5) is 11.4 Å². The number of hydrogen-bond acceptors (Lipinski definition) is 6. The molecule has 2 N–H and O–H groups in total. The van der Waals surface area contributed by atoms with E-state index < -0.39 is 0 Å². The Morgan fingerprint density at radius 3 is 1.58 bits per heavy atom. The number of benzene rings is 2. The van der Waals surface area contributed by atoms with E-state index in [1.165, 1.54) is 4.01 Å². The van der Waals surface area contributed by atoms with Crippen molar-refractivity contribution < 1.29 is 10.2 Å². The molecule has 0 fully saturated rings. The number of thiophene rings is 2. The van der Waals surface area contributed by atoms with Crippen molar-refractivity contribution in [1.29, 1.82) is 0 Å². The molecular formula is C20H14N2O2S2. The van der Waals surface area contributed by atoms with Crippen molar-refractivity contribution in [3.63, 3.8) is 0 Å². The molecule has 0 amide bonds. The van der Waals surface area contributed by atoms with E-state index >= 15 is 0 Å². The average molecular weight is 378 g/mol. The first kappa shape index (κ1) is 16.5. The van der Waals surface area contributed by atoms with Crippen LogP contribution in [0, 0.1) is 0 Å². The average Bonchev–Trinajstić information content (AvgIpc) is 3.18. The second-order valence-electron chi connectivity index (χ2n) is 5.53. The Labute approximate surface area is 158 Å². The highest BCUT2D eigenvalue weighted by atomic mass is 32.2. The van der Waals surface area contributed by atoms with E-state index in [9.17, 15) is 10.2 Å². The first-order valence-electron chi connectivity index (χ1n) is 7.86. The van der Waals surface area contributed by atoms with Crippen LogP contribution in [0.25, 0.3) is 9.40 Å². The molecule has 6 heteroatoms. The van der Waals surface area contributed by atoms with Gasteiger partial charge in [0.25, 0.3) is 0 Å². The summed E-state index contributed by atoms with van der Waals surface area (Å²) in [7, 11) is 0. The highest BCUT2D eigenvalue weighted by molar-refractivity contribution is 7.39. The summed E-state index contributed by atoms with van der Waals surface area (Å²) in [6.07, 6.45) is 3.53. The summed E-state index contributed by atoms with van der Waals surface area (Å²) in [4.78, 5) is 10.7. The number of phenols is 2. The number of hydrogen-bond donors (Lipinski definition) is 2. The fraction of sp³-hybridized carbons (Fsp3) is 0. The maximum absolute atomic E-state index is 9.76. The Kier molecular flexibility index (Phi) is 4.51. The number of para-hydroxylation sites is 4. The van der Waals surface area contributed by atoms with E-state index in [-0.39, 0.29) is 11.5 Å². The van der Waals surface area contributed by atoms with Crippen molar-refractivity contribution in [3.8, 4) is 11.5 Å². The molecule has 4 nitrogen and oxygen atoms in total. The van der Waals surface area contributed by atoms with Crippen LogP contribution in [0.5, 0.6) is 11.5 Å². The van der Waals surface area contributed by atoms with Crippen molar-refractivity contribution in [2.24, 2.45) is 9.98 Å². The first-order valence-corrected chi connectivity index (χ1v) is 9.50. The van der Waals surface area contributed by atoms with Crippen LogP contribution in [0.1, 0.15) is 9.75 Å². The largest absolute Gasteiger partial charge is 0.506 e. The molecule has 0 saturated carbocycles. The van der Waals surface area contributed by atoms with Gasteiger partial charge in [-0.2, -0.15) is 0 Å². The Morgan fingerprint density at radius 2 is 1.15 bits per heavy atom. The number of nitrogens with zero attached hydrogens (tertiary/aromatic N) is 2. The summed E-state index contributed by atoms with van der Waals surface area (Å²) in [5, 5.41) is 20.6. The highest BCUT2D eigenvalue weighted by Crippen LogP contribution is 2.33. The normalized spacial score (nSPS) is 11.8. The minimum atomic E-state index is 0.171. The molecule has 2 aromatic carbocycles. The number of fused-ring (bicyclic) bond motifs is 1. The van der Waals surface area contributed by atoms with Crippen LogP contribution in [0.2, 0.25) is 0 Å². The molecule has 0 aliphatic rings. The van der Waals surface area contributed by atoms with Gasteiger partial charge in [-0.25, -0.2) is 0 Å². The zero-order chi connectivity index (χ0) is 17.9. The molecule has 2 heterocycles. The van der Waals surface area contributed by atoms with Crippen molar-refractivity contribution in [2.75, 3.05) is 0 Å². The van der Waals surface area contributed by atoms with Gasteiger partial charge in [0, 0.05) is 27.6 Å². The second kappa shape index (κ2) is 7.11. The number of aliphatic imine (C=N–C) groups is 2. The Balaban J connectivity index is 1.54. The number of rotatable bonds is 4. The van der Waals surface area contributed by atoms with Gasteiger partial charge >= 0.3 is 0 Å². The molecule has 0 saturated heterocycles. The molecular weight excluding hydrogens is 364 g/mol. The lowest BCUT2D eigenvalue weighted by molar-refractivity contribution is 0.476. The fourth-order valence-corrected chi connectivity index (χ4v) is 4.64. The zero-order valence-corrected chi connectivity index (χ0v) is 15.2. The lowest BCUT2D eigenvalue weighted by Gasteiger charge is -1.96. The third-order valence-electron chi connectivity index (χ3n) is 3.68. The standard InChI is InChI=1S/C20H14N2O2S2/c23-18-7-3-1-5-16(18)21-11-14-9-13-10-15(26-20(13)25-14)12-22-17-6-2-4-8-19(17)24/h1-12,23-24H. The minimum absolute atomic E-state index is 0.171. The monoisotopic (exact) mass is 378 g/mol. The Bertz CT molecular complexity index is 1010. The van der Waals surface area contributed by atoms with Crippen LogP contribution >= 0.6 is 22.7 Å². The summed E-state index contributed by atoms with van der Waals surface area (Å²) in [5.74, 6) is 0.342. The molecule has 0 unspecified atom stereocenters. The second-order valence-corrected chi connectivity index (χ2v) is 7.96. The maximum atomic E-state index is 9.76. The topological polar surface area (TPSA) is 65.2 Å². The van der Waals surface area contributed by atoms with E-state index in [1.54, 1.807) is 71.5 Å². The van der Waals surface area contributed by atoms with Crippen molar-refractivity contribution in [2.45, 2.75) is 0 Å². The molecule has 0 bridgehead atoms. The van der Waals surface area contributed by atoms with Gasteiger partial charge in [0.05, 0.1) is 4.01 Å². The van der Waals surface area contributed by atoms with Gasteiger partial charge in [-0.05, 0) is 36.4 Å². The Hall–Kier alpha value is -2.96. The van der Waals surface area contributed by atoms with E-state index in [0.717, 1.165) is 15.1 Å². The van der Waals surface area contributed by atoms with Crippen molar-refractivity contribution in [3.05, 3.63) is 70.4 Å². The summed E-state index contributed by atoms with van der Waals surface area (Å²) in [6.45, 7) is 0. The maximum Gasteiger partial charge on any atom is 0.141 e. The number of aromatic hydroxyl groups is 2. The third-order valence-corrected chi connectivity index (χ3v) is 5.94. The van der Waals surface area contributed by atoms with Gasteiger partial charge in [-0.1, -0.05) is 24.3 Å². The SMILES string of the molecule is Oc1ccccc1N=Cc1cc2cc(C=Nc3ccccc3O)sc2s1. The molecule has 0 radical (unpaired) electrons. The van der Waals surface area contributed by atoms with Gasteiger partial charge in [0.1, 0.15) is 22.9 Å².